The molecule has 0 saturated heterocycles. The number of amides is 1. The lowest BCUT2D eigenvalue weighted by molar-refractivity contribution is -0.128. The van der Waals surface area contributed by atoms with Gasteiger partial charge in [0.2, 0.25) is 5.91 Å². The monoisotopic (exact) mass is 451 g/mol. The number of nitrogens with zero attached hydrogens (tertiary/aromatic N) is 3. The Balaban J connectivity index is 1.76. The molecule has 1 amide bonds. The third-order valence-corrected chi connectivity index (χ3v) is 5.88. The summed E-state index contributed by atoms with van der Waals surface area (Å²) in [7, 11) is 0. The number of hydrogen-bond donors (Lipinski definition) is 0. The molecule has 0 aliphatic rings. The highest BCUT2D eigenvalue weighted by Crippen LogP contribution is 2.22. The Morgan fingerprint density at radius 3 is 2.32 bits per heavy atom. The van der Waals surface area contributed by atoms with E-state index in [0.29, 0.717) is 29.8 Å². The molecular weight excluding hydrogens is 422 g/mol. The highest BCUT2D eigenvalue weighted by molar-refractivity contribution is 5.92. The van der Waals surface area contributed by atoms with Crippen molar-refractivity contribution in [3.8, 4) is 0 Å². The normalized spacial score (nSPS) is 12.2. The van der Waals surface area contributed by atoms with Gasteiger partial charge in [-0.3, -0.25) is 14.2 Å². The molecule has 172 valence electrons. The maximum atomic E-state index is 13.5. The summed E-state index contributed by atoms with van der Waals surface area (Å²) in [6, 6.07) is 26.6. The van der Waals surface area contributed by atoms with Crippen LogP contribution >= 0.6 is 0 Å². The lowest BCUT2D eigenvalue weighted by atomic mass is 10.1. The van der Waals surface area contributed by atoms with Gasteiger partial charge in [-0.1, -0.05) is 79.7 Å². The maximum Gasteiger partial charge on any atom is 0.261 e. The molecule has 1 heterocycles. The molecule has 5 heteroatoms. The van der Waals surface area contributed by atoms with E-state index in [0.717, 1.165) is 17.5 Å². The first-order chi connectivity index (χ1) is 16.6. The third kappa shape index (κ3) is 5.15. The number of hydrogen-bond acceptors (Lipinski definition) is 3. The Morgan fingerprint density at radius 2 is 1.62 bits per heavy atom. The standard InChI is InChI=1S/C29H29N3O2/c1-3-20-31(27(33)19-18-23-12-6-4-7-13-23)22(2)28-30-26-17-11-10-16-25(26)29(34)32(28)21-24-14-8-5-9-15-24/h4-19,22H,3,20-21H2,1-2H3/b19-18+. The molecule has 4 aromatic rings. The second-order valence-electron chi connectivity index (χ2n) is 8.32. The van der Waals surface area contributed by atoms with Crippen molar-refractivity contribution in [2.75, 3.05) is 6.54 Å². The predicted molar refractivity (Wildman–Crippen MR) is 137 cm³/mol. The second kappa shape index (κ2) is 10.8. The van der Waals surface area contributed by atoms with Crippen molar-refractivity contribution >= 4 is 22.9 Å². The first kappa shape index (κ1) is 23.2. The number of rotatable bonds is 8. The summed E-state index contributed by atoms with van der Waals surface area (Å²) in [6.07, 6.45) is 4.22. The van der Waals surface area contributed by atoms with Crippen molar-refractivity contribution in [2.45, 2.75) is 32.9 Å². The van der Waals surface area contributed by atoms with Gasteiger partial charge in [0.05, 0.1) is 23.5 Å². The van der Waals surface area contributed by atoms with Crippen molar-refractivity contribution in [3.63, 3.8) is 0 Å². The van der Waals surface area contributed by atoms with Crippen LogP contribution < -0.4 is 5.56 Å². The predicted octanol–water partition coefficient (Wildman–Crippen LogP) is 5.46. The quantitative estimate of drug-likeness (QED) is 0.334. The SMILES string of the molecule is CCCN(C(=O)/C=C/c1ccccc1)C(C)c1nc2ccccc2c(=O)n1Cc1ccccc1. The third-order valence-electron chi connectivity index (χ3n) is 5.88. The smallest absolute Gasteiger partial charge is 0.261 e. The molecule has 0 N–H and O–H groups in total. The van der Waals surface area contributed by atoms with E-state index in [1.165, 1.54) is 0 Å². The van der Waals surface area contributed by atoms with Crippen molar-refractivity contribution in [3.05, 3.63) is 118 Å². The van der Waals surface area contributed by atoms with Crippen LogP contribution in [0.25, 0.3) is 17.0 Å². The van der Waals surface area contributed by atoms with Crippen LogP contribution in [0.3, 0.4) is 0 Å². The lowest BCUT2D eigenvalue weighted by Crippen LogP contribution is -2.37. The van der Waals surface area contributed by atoms with Gasteiger partial charge >= 0.3 is 0 Å². The molecule has 1 atom stereocenters. The summed E-state index contributed by atoms with van der Waals surface area (Å²) < 4.78 is 1.71. The van der Waals surface area contributed by atoms with E-state index in [1.54, 1.807) is 21.6 Å². The summed E-state index contributed by atoms with van der Waals surface area (Å²) in [6.45, 7) is 4.94. The van der Waals surface area contributed by atoms with E-state index >= 15 is 0 Å². The molecule has 5 nitrogen and oxygen atoms in total. The summed E-state index contributed by atoms with van der Waals surface area (Å²) in [5.41, 5.74) is 2.51. The molecule has 0 spiro atoms. The Labute approximate surface area is 200 Å². The van der Waals surface area contributed by atoms with Crippen LogP contribution in [0.5, 0.6) is 0 Å². The minimum Gasteiger partial charge on any atom is -0.329 e. The maximum absolute atomic E-state index is 13.5. The van der Waals surface area contributed by atoms with Crippen molar-refractivity contribution in [1.82, 2.24) is 14.5 Å². The number of fused-ring (bicyclic) bond motifs is 1. The van der Waals surface area contributed by atoms with Gasteiger partial charge in [-0.15, -0.1) is 0 Å². The number of para-hydroxylation sites is 1. The van der Waals surface area contributed by atoms with Crippen molar-refractivity contribution in [2.24, 2.45) is 0 Å². The minimum absolute atomic E-state index is 0.0972. The van der Waals surface area contributed by atoms with Gasteiger partial charge in [0.1, 0.15) is 5.82 Å². The van der Waals surface area contributed by atoms with Crippen LogP contribution in [-0.2, 0) is 11.3 Å². The van der Waals surface area contributed by atoms with Gasteiger partial charge < -0.3 is 4.90 Å². The van der Waals surface area contributed by atoms with Crippen LogP contribution in [0, 0.1) is 0 Å². The number of benzene rings is 3. The van der Waals surface area contributed by atoms with E-state index < -0.39 is 0 Å². The zero-order valence-electron chi connectivity index (χ0n) is 19.6. The Morgan fingerprint density at radius 1 is 0.971 bits per heavy atom. The first-order valence-electron chi connectivity index (χ1n) is 11.7. The molecule has 1 aromatic heterocycles. The number of carbonyl (C=O) groups excluding carboxylic acids is 1. The van der Waals surface area contributed by atoms with Crippen LogP contribution in [0.2, 0.25) is 0 Å². The summed E-state index contributed by atoms with van der Waals surface area (Å²) in [4.78, 5) is 33.5. The van der Waals surface area contributed by atoms with Gasteiger partial charge in [-0.05, 0) is 42.7 Å². The molecule has 3 aromatic carbocycles. The van der Waals surface area contributed by atoms with Crippen LogP contribution in [0.4, 0.5) is 0 Å². The lowest BCUT2D eigenvalue weighted by Gasteiger charge is -2.29. The van der Waals surface area contributed by atoms with Crippen molar-refractivity contribution in [1.29, 1.82) is 0 Å². The van der Waals surface area contributed by atoms with Gasteiger partial charge in [0.15, 0.2) is 0 Å². The molecule has 0 radical (unpaired) electrons. The topological polar surface area (TPSA) is 55.2 Å². The van der Waals surface area contributed by atoms with Gasteiger partial charge in [-0.25, -0.2) is 4.98 Å². The molecule has 0 bridgehead atoms. The number of aromatic nitrogens is 2. The fourth-order valence-corrected chi connectivity index (χ4v) is 4.13. The zero-order chi connectivity index (χ0) is 23.9. The summed E-state index contributed by atoms with van der Waals surface area (Å²) in [5.74, 6) is 0.481. The Bertz CT molecular complexity index is 1340. The zero-order valence-corrected chi connectivity index (χ0v) is 19.6. The molecule has 1 unspecified atom stereocenters. The Kier molecular flexibility index (Phi) is 7.33. The van der Waals surface area contributed by atoms with Gasteiger partial charge in [0, 0.05) is 12.6 Å². The fourth-order valence-electron chi connectivity index (χ4n) is 4.13. The van der Waals surface area contributed by atoms with Crippen molar-refractivity contribution < 1.29 is 4.79 Å². The summed E-state index contributed by atoms with van der Waals surface area (Å²) in [5, 5.41) is 0.576. The highest BCUT2D eigenvalue weighted by Gasteiger charge is 2.24. The van der Waals surface area contributed by atoms with E-state index in [1.807, 2.05) is 98.8 Å². The minimum atomic E-state index is -0.381. The van der Waals surface area contributed by atoms with Gasteiger partial charge in [0.25, 0.3) is 5.56 Å². The van der Waals surface area contributed by atoms with Gasteiger partial charge in [-0.2, -0.15) is 0 Å². The largest absolute Gasteiger partial charge is 0.329 e. The highest BCUT2D eigenvalue weighted by atomic mass is 16.2. The molecule has 0 saturated carbocycles. The van der Waals surface area contributed by atoms with E-state index in [-0.39, 0.29) is 17.5 Å². The Hall–Kier alpha value is -3.99. The van der Waals surface area contributed by atoms with Crippen LogP contribution in [0.15, 0.2) is 95.8 Å². The average Bonchev–Trinajstić information content (AvgIpc) is 2.88. The van der Waals surface area contributed by atoms with E-state index in [2.05, 4.69) is 0 Å². The fraction of sp³-hybridized carbons (Fsp3) is 0.207. The average molecular weight is 452 g/mol. The van der Waals surface area contributed by atoms with E-state index in [4.69, 9.17) is 4.98 Å². The molecule has 0 aliphatic heterocycles. The second-order valence-corrected chi connectivity index (χ2v) is 8.32. The molecule has 4 rings (SSSR count). The van der Waals surface area contributed by atoms with Crippen LogP contribution in [0.1, 0.15) is 43.3 Å². The molecule has 0 fully saturated rings. The summed E-state index contributed by atoms with van der Waals surface area (Å²) >= 11 is 0. The molecule has 0 aliphatic carbocycles. The molecule has 34 heavy (non-hydrogen) atoms. The van der Waals surface area contributed by atoms with E-state index in [9.17, 15) is 9.59 Å². The first-order valence-corrected chi connectivity index (χ1v) is 11.7. The number of carbonyl (C=O) groups is 1. The van der Waals surface area contributed by atoms with Crippen LogP contribution in [-0.4, -0.2) is 26.9 Å². The molecular formula is C29H29N3O2.